The number of hydrogen-bond acceptors (Lipinski definition) is 3. The van der Waals surface area contributed by atoms with Crippen LogP contribution in [0.5, 0.6) is 0 Å². The number of urea groups is 1. The minimum atomic E-state index is -0.255. The first kappa shape index (κ1) is 15.3. The highest BCUT2D eigenvalue weighted by molar-refractivity contribution is 5.75. The smallest absolute Gasteiger partial charge is 0.317 e. The molecule has 0 aliphatic carbocycles. The molecular weight excluding hydrogens is 270 g/mol. The number of piperidine rings is 1. The van der Waals surface area contributed by atoms with Crippen LogP contribution < -0.4 is 11.1 Å². The Balaban J connectivity index is 1.66. The van der Waals surface area contributed by atoms with Crippen molar-refractivity contribution in [1.29, 1.82) is 0 Å². The van der Waals surface area contributed by atoms with E-state index in [0.29, 0.717) is 32.0 Å². The second kappa shape index (κ2) is 7.10. The summed E-state index contributed by atoms with van der Waals surface area (Å²) in [7, 11) is 1.87. The molecule has 0 aromatic carbocycles. The van der Waals surface area contributed by atoms with Crippen molar-refractivity contribution in [2.45, 2.75) is 25.7 Å². The van der Waals surface area contributed by atoms with Crippen molar-refractivity contribution in [2.24, 2.45) is 18.7 Å². The molecule has 1 aromatic heterocycles. The van der Waals surface area contributed by atoms with Gasteiger partial charge in [0, 0.05) is 39.3 Å². The maximum absolute atomic E-state index is 12.0. The number of rotatable bonds is 5. The van der Waals surface area contributed by atoms with Crippen molar-refractivity contribution < 1.29 is 9.59 Å². The zero-order valence-corrected chi connectivity index (χ0v) is 12.4. The summed E-state index contributed by atoms with van der Waals surface area (Å²) in [5.41, 5.74) is 6.31. The van der Waals surface area contributed by atoms with E-state index < -0.39 is 0 Å². The molecule has 1 fully saturated rings. The third-order valence-corrected chi connectivity index (χ3v) is 3.84. The van der Waals surface area contributed by atoms with Gasteiger partial charge in [-0.15, -0.1) is 0 Å². The number of nitrogens with zero attached hydrogens (tertiary/aromatic N) is 3. The lowest BCUT2D eigenvalue weighted by Gasteiger charge is -2.31. The molecule has 7 nitrogen and oxygen atoms in total. The Kier molecular flexibility index (Phi) is 5.19. The summed E-state index contributed by atoms with van der Waals surface area (Å²) < 4.78 is 1.75. The molecule has 21 heavy (non-hydrogen) atoms. The quantitative estimate of drug-likeness (QED) is 0.815. The molecule has 2 heterocycles. The Morgan fingerprint density at radius 2 is 2.14 bits per heavy atom. The topological polar surface area (TPSA) is 93.3 Å². The van der Waals surface area contributed by atoms with Crippen molar-refractivity contribution in [1.82, 2.24) is 20.0 Å². The van der Waals surface area contributed by atoms with Gasteiger partial charge in [-0.2, -0.15) is 5.10 Å². The van der Waals surface area contributed by atoms with Gasteiger partial charge in [0.15, 0.2) is 0 Å². The number of amides is 3. The van der Waals surface area contributed by atoms with E-state index in [1.165, 1.54) is 0 Å². The predicted molar refractivity (Wildman–Crippen MR) is 78.4 cm³/mol. The highest BCUT2D eigenvalue weighted by Gasteiger charge is 2.23. The highest BCUT2D eigenvalue weighted by Crippen LogP contribution is 2.19. The summed E-state index contributed by atoms with van der Waals surface area (Å²) in [6.07, 6.45) is 6.65. The van der Waals surface area contributed by atoms with Gasteiger partial charge in [0.05, 0.1) is 6.20 Å². The normalized spacial score (nSPS) is 16.0. The minimum absolute atomic E-state index is 0.0311. The van der Waals surface area contributed by atoms with Gasteiger partial charge in [-0.3, -0.25) is 9.48 Å². The molecule has 3 N–H and O–H groups in total. The molecule has 0 bridgehead atoms. The van der Waals surface area contributed by atoms with Crippen LogP contribution in [-0.4, -0.2) is 46.3 Å². The summed E-state index contributed by atoms with van der Waals surface area (Å²) in [6, 6.07) is -0.0311. The zero-order valence-electron chi connectivity index (χ0n) is 12.4. The van der Waals surface area contributed by atoms with E-state index in [0.717, 1.165) is 24.8 Å². The number of aromatic nitrogens is 2. The molecule has 0 radical (unpaired) electrons. The summed E-state index contributed by atoms with van der Waals surface area (Å²) in [5.74, 6) is 0.0660. The van der Waals surface area contributed by atoms with Crippen LogP contribution in [0.3, 0.4) is 0 Å². The van der Waals surface area contributed by atoms with E-state index in [2.05, 4.69) is 10.4 Å². The third kappa shape index (κ3) is 4.77. The number of nitrogens with two attached hydrogens (primary N) is 1. The second-order valence-corrected chi connectivity index (χ2v) is 5.61. The molecule has 3 amide bonds. The average Bonchev–Trinajstić information content (AvgIpc) is 2.84. The SMILES string of the molecule is Cn1cc(CCNC(=O)N2CCC(CC(N)=O)CC2)cn1. The molecule has 0 unspecified atom stereocenters. The van der Waals surface area contributed by atoms with Crippen molar-refractivity contribution in [3.63, 3.8) is 0 Å². The molecule has 0 saturated carbocycles. The van der Waals surface area contributed by atoms with E-state index in [4.69, 9.17) is 5.73 Å². The minimum Gasteiger partial charge on any atom is -0.370 e. The van der Waals surface area contributed by atoms with Crippen molar-refractivity contribution in [2.75, 3.05) is 19.6 Å². The van der Waals surface area contributed by atoms with Crippen molar-refractivity contribution >= 4 is 11.9 Å². The lowest BCUT2D eigenvalue weighted by atomic mass is 9.93. The third-order valence-electron chi connectivity index (χ3n) is 3.84. The number of primary amides is 1. The van der Waals surface area contributed by atoms with Gasteiger partial charge in [-0.1, -0.05) is 0 Å². The zero-order chi connectivity index (χ0) is 15.2. The van der Waals surface area contributed by atoms with E-state index in [1.54, 1.807) is 9.58 Å². The second-order valence-electron chi connectivity index (χ2n) is 5.61. The summed E-state index contributed by atoms with van der Waals surface area (Å²) in [6.45, 7) is 1.99. The number of nitrogens with one attached hydrogen (secondary N) is 1. The first-order valence-corrected chi connectivity index (χ1v) is 7.33. The lowest BCUT2D eigenvalue weighted by Crippen LogP contribution is -2.45. The van der Waals surface area contributed by atoms with E-state index >= 15 is 0 Å². The number of likely N-dealkylation sites (tertiary alicyclic amines) is 1. The number of aryl methyl sites for hydroxylation is 1. The monoisotopic (exact) mass is 293 g/mol. The number of carbonyl (C=O) groups excluding carboxylic acids is 2. The van der Waals surface area contributed by atoms with Crippen LogP contribution in [0.15, 0.2) is 12.4 Å². The highest BCUT2D eigenvalue weighted by atomic mass is 16.2. The fourth-order valence-electron chi connectivity index (χ4n) is 2.65. The van der Waals surface area contributed by atoms with Gasteiger partial charge in [0.2, 0.25) is 5.91 Å². The fourth-order valence-corrected chi connectivity index (χ4v) is 2.65. The molecule has 1 aliphatic rings. The molecular formula is C14H23N5O2. The van der Waals surface area contributed by atoms with Gasteiger partial charge in [-0.25, -0.2) is 4.79 Å². The van der Waals surface area contributed by atoms with Crippen LogP contribution >= 0.6 is 0 Å². The molecule has 1 aromatic rings. The van der Waals surface area contributed by atoms with Gasteiger partial charge in [0.25, 0.3) is 0 Å². The maximum atomic E-state index is 12.0. The number of hydrogen-bond donors (Lipinski definition) is 2. The molecule has 0 spiro atoms. The summed E-state index contributed by atoms with van der Waals surface area (Å²) in [4.78, 5) is 24.7. The lowest BCUT2D eigenvalue weighted by molar-refractivity contribution is -0.119. The Bertz CT molecular complexity index is 491. The molecule has 116 valence electrons. The Hall–Kier alpha value is -2.05. The molecule has 1 aliphatic heterocycles. The Labute approximate surface area is 124 Å². The molecule has 0 atom stereocenters. The van der Waals surface area contributed by atoms with Crippen LogP contribution in [-0.2, 0) is 18.3 Å². The molecule has 2 rings (SSSR count). The van der Waals surface area contributed by atoms with E-state index in [1.807, 2.05) is 19.4 Å². The van der Waals surface area contributed by atoms with Crippen LogP contribution in [0, 0.1) is 5.92 Å². The molecule has 1 saturated heterocycles. The van der Waals surface area contributed by atoms with Crippen LogP contribution in [0.2, 0.25) is 0 Å². The summed E-state index contributed by atoms with van der Waals surface area (Å²) in [5, 5.41) is 7.02. The van der Waals surface area contributed by atoms with Gasteiger partial charge >= 0.3 is 6.03 Å². The summed E-state index contributed by atoms with van der Waals surface area (Å²) >= 11 is 0. The fraction of sp³-hybridized carbons (Fsp3) is 0.643. The van der Waals surface area contributed by atoms with E-state index in [9.17, 15) is 9.59 Å². The van der Waals surface area contributed by atoms with Gasteiger partial charge in [0.1, 0.15) is 0 Å². The van der Waals surface area contributed by atoms with Crippen molar-refractivity contribution in [3.05, 3.63) is 18.0 Å². The van der Waals surface area contributed by atoms with Crippen LogP contribution in [0.4, 0.5) is 4.79 Å². The largest absolute Gasteiger partial charge is 0.370 e. The van der Waals surface area contributed by atoms with Crippen LogP contribution in [0.1, 0.15) is 24.8 Å². The molecule has 7 heteroatoms. The standard InChI is InChI=1S/C14H23N5O2/c1-18-10-12(9-17-18)2-5-16-14(21)19-6-3-11(4-7-19)8-13(15)20/h9-11H,2-8H2,1H3,(H2,15,20)(H,16,21). The Morgan fingerprint density at radius 1 is 1.43 bits per heavy atom. The van der Waals surface area contributed by atoms with Crippen molar-refractivity contribution in [3.8, 4) is 0 Å². The van der Waals surface area contributed by atoms with Crippen LogP contribution in [0.25, 0.3) is 0 Å². The first-order valence-electron chi connectivity index (χ1n) is 7.33. The maximum Gasteiger partial charge on any atom is 0.317 e. The average molecular weight is 293 g/mol. The van der Waals surface area contributed by atoms with Gasteiger partial charge < -0.3 is 16.0 Å². The van der Waals surface area contributed by atoms with Gasteiger partial charge in [-0.05, 0) is 30.7 Å². The Morgan fingerprint density at radius 3 is 2.71 bits per heavy atom. The van der Waals surface area contributed by atoms with E-state index in [-0.39, 0.29) is 11.9 Å². The predicted octanol–water partition coefficient (Wildman–Crippen LogP) is 0.260. The number of carbonyl (C=O) groups is 2. The first-order chi connectivity index (χ1) is 10.0.